The molecule has 0 N–H and O–H groups in total. The molecule has 4 heterocycles. The Hall–Kier alpha value is -4.45. The van der Waals surface area contributed by atoms with Crippen LogP contribution in [-0.4, -0.2) is 24.5 Å². The van der Waals surface area contributed by atoms with Gasteiger partial charge in [-0.1, -0.05) is 36.4 Å². The fourth-order valence-electron chi connectivity index (χ4n) is 3.55. The first-order chi connectivity index (χ1) is 15.8. The van der Waals surface area contributed by atoms with Crippen molar-refractivity contribution in [2.75, 3.05) is 0 Å². The predicted molar refractivity (Wildman–Crippen MR) is 125 cm³/mol. The van der Waals surface area contributed by atoms with Crippen LogP contribution in [0.15, 0.2) is 96.4 Å². The van der Waals surface area contributed by atoms with Crippen LogP contribution in [0.4, 0.5) is 0 Å². The third-order valence-electron chi connectivity index (χ3n) is 5.06. The number of pyridine rings is 3. The molecule has 0 radical (unpaired) electrons. The van der Waals surface area contributed by atoms with E-state index in [0.717, 1.165) is 22.4 Å². The van der Waals surface area contributed by atoms with Crippen molar-refractivity contribution in [3.05, 3.63) is 124 Å². The number of benzene rings is 1. The monoisotopic (exact) mass is 417 g/mol. The maximum absolute atomic E-state index is 13.5. The minimum atomic E-state index is -0.187. The molecule has 0 unspecified atom stereocenters. The first-order valence-corrected chi connectivity index (χ1v) is 10.2. The summed E-state index contributed by atoms with van der Waals surface area (Å²) in [5.41, 5.74) is 5.10. The molecule has 0 aliphatic heterocycles. The van der Waals surface area contributed by atoms with Gasteiger partial charge < -0.3 is 0 Å². The number of aromatic nitrogens is 5. The van der Waals surface area contributed by atoms with Gasteiger partial charge in [-0.2, -0.15) is 0 Å². The first kappa shape index (κ1) is 19.5. The topological polar surface area (TPSA) is 73.6 Å². The Morgan fingerprint density at radius 1 is 0.812 bits per heavy atom. The molecule has 5 aromatic rings. The van der Waals surface area contributed by atoms with Gasteiger partial charge in [0, 0.05) is 37.4 Å². The van der Waals surface area contributed by atoms with Crippen molar-refractivity contribution >= 4 is 23.3 Å². The molecule has 1 aromatic carbocycles. The third kappa shape index (κ3) is 4.06. The van der Waals surface area contributed by atoms with Gasteiger partial charge in [-0.15, -0.1) is 0 Å². The molecule has 5 rings (SSSR count). The number of hydrogen-bond acceptors (Lipinski definition) is 5. The largest absolute Gasteiger partial charge is 0.278 e. The lowest BCUT2D eigenvalue weighted by molar-refractivity contribution is 0.924. The summed E-state index contributed by atoms with van der Waals surface area (Å²) < 4.78 is 1.63. The van der Waals surface area contributed by atoms with Crippen LogP contribution in [-0.2, 0) is 6.42 Å². The van der Waals surface area contributed by atoms with E-state index in [1.165, 1.54) is 0 Å². The lowest BCUT2D eigenvalue weighted by atomic mass is 10.1. The van der Waals surface area contributed by atoms with Gasteiger partial charge >= 0.3 is 0 Å². The summed E-state index contributed by atoms with van der Waals surface area (Å²) >= 11 is 0. The molecule has 4 aromatic heterocycles. The van der Waals surface area contributed by atoms with Gasteiger partial charge in [0.2, 0.25) is 0 Å². The summed E-state index contributed by atoms with van der Waals surface area (Å²) in [7, 11) is 0. The summed E-state index contributed by atoms with van der Waals surface area (Å²) in [6.45, 7) is 0. The van der Waals surface area contributed by atoms with Crippen LogP contribution in [0.5, 0.6) is 0 Å². The maximum Gasteiger partial charge on any atom is 0.278 e. The zero-order valence-corrected chi connectivity index (χ0v) is 17.2. The Bertz CT molecular complexity index is 1460. The summed E-state index contributed by atoms with van der Waals surface area (Å²) in [6.07, 6.45) is 13.1. The molecule has 6 heteroatoms. The minimum absolute atomic E-state index is 0.187. The molecule has 154 valence electrons. The molecule has 0 fully saturated rings. The van der Waals surface area contributed by atoms with Gasteiger partial charge in [0.15, 0.2) is 5.65 Å². The van der Waals surface area contributed by atoms with Gasteiger partial charge in [-0.3, -0.25) is 19.3 Å². The van der Waals surface area contributed by atoms with Crippen LogP contribution in [0.3, 0.4) is 0 Å². The van der Waals surface area contributed by atoms with Gasteiger partial charge in [0.25, 0.3) is 5.56 Å². The molecule has 0 atom stereocenters. The van der Waals surface area contributed by atoms with Crippen molar-refractivity contribution in [2.24, 2.45) is 0 Å². The highest BCUT2D eigenvalue weighted by Crippen LogP contribution is 2.17. The second-order valence-electron chi connectivity index (χ2n) is 7.30. The Labute approximate surface area is 184 Å². The Morgan fingerprint density at radius 3 is 2.41 bits per heavy atom. The molecule has 6 nitrogen and oxygen atoms in total. The number of nitrogens with zero attached hydrogens (tertiary/aromatic N) is 5. The van der Waals surface area contributed by atoms with Crippen LogP contribution in [0, 0.1) is 0 Å². The van der Waals surface area contributed by atoms with Gasteiger partial charge in [-0.25, -0.2) is 9.97 Å². The molecular formula is C26H19N5O. The van der Waals surface area contributed by atoms with E-state index in [4.69, 9.17) is 0 Å². The van der Waals surface area contributed by atoms with Gasteiger partial charge in [0.1, 0.15) is 11.2 Å². The molecule has 0 bridgehead atoms. The van der Waals surface area contributed by atoms with Crippen molar-refractivity contribution in [1.82, 2.24) is 24.5 Å². The third-order valence-corrected chi connectivity index (χ3v) is 5.06. The zero-order chi connectivity index (χ0) is 21.8. The smallest absolute Gasteiger partial charge is 0.267 e. The molecule has 0 aliphatic carbocycles. The normalized spacial score (nSPS) is 11.2. The van der Waals surface area contributed by atoms with E-state index < -0.39 is 0 Å². The second-order valence-corrected chi connectivity index (χ2v) is 7.30. The maximum atomic E-state index is 13.5. The highest BCUT2D eigenvalue weighted by Gasteiger charge is 2.14. The quantitative estimate of drug-likeness (QED) is 0.426. The Kier molecular flexibility index (Phi) is 5.32. The number of hydrogen-bond donors (Lipinski definition) is 0. The van der Waals surface area contributed by atoms with Crippen LogP contribution < -0.4 is 5.56 Å². The minimum Gasteiger partial charge on any atom is -0.267 e. The standard InChI is InChI=1S/C26H19N5O/c32-26-24(16-21-7-3-13-28-18-21)30-23-9-4-14-29-25(23)31(26)22-8-1-5-19(15-22)10-11-20-6-2-12-27-17-20/h1-15,17-18H,16H2/b11-10+. The van der Waals surface area contributed by atoms with E-state index >= 15 is 0 Å². The molecule has 32 heavy (non-hydrogen) atoms. The van der Waals surface area contributed by atoms with Crippen molar-refractivity contribution in [3.8, 4) is 5.69 Å². The van der Waals surface area contributed by atoms with E-state index in [0.29, 0.717) is 23.3 Å². The van der Waals surface area contributed by atoms with Gasteiger partial charge in [-0.05, 0) is 53.1 Å². The number of fused-ring (bicyclic) bond motifs is 1. The highest BCUT2D eigenvalue weighted by molar-refractivity contribution is 5.74. The summed E-state index contributed by atoms with van der Waals surface area (Å²) in [6, 6.07) is 19.2. The molecule has 0 saturated heterocycles. The molecule has 0 spiro atoms. The number of rotatable bonds is 5. The van der Waals surface area contributed by atoms with Crippen molar-refractivity contribution < 1.29 is 0 Å². The lowest BCUT2D eigenvalue weighted by Gasteiger charge is -2.12. The summed E-state index contributed by atoms with van der Waals surface area (Å²) in [4.78, 5) is 30.8. The zero-order valence-electron chi connectivity index (χ0n) is 17.2. The predicted octanol–water partition coefficient (Wildman–Crippen LogP) is 4.33. The fraction of sp³-hybridized carbons (Fsp3) is 0.0385. The highest BCUT2D eigenvalue weighted by atomic mass is 16.1. The Balaban J connectivity index is 1.61. The molecular weight excluding hydrogens is 398 g/mol. The first-order valence-electron chi connectivity index (χ1n) is 10.2. The summed E-state index contributed by atoms with van der Waals surface area (Å²) in [5.74, 6) is 0. The van der Waals surface area contributed by atoms with E-state index in [2.05, 4.69) is 19.9 Å². The average Bonchev–Trinajstić information content (AvgIpc) is 2.85. The fourth-order valence-corrected chi connectivity index (χ4v) is 3.55. The van der Waals surface area contributed by atoms with E-state index in [-0.39, 0.29) is 5.56 Å². The second kappa shape index (κ2) is 8.73. The van der Waals surface area contributed by atoms with Crippen LogP contribution in [0.1, 0.15) is 22.4 Å². The molecule has 0 aliphatic rings. The SMILES string of the molecule is O=c1c(Cc2cccnc2)nc2cccnc2n1-c1cccc(/C=C/c2cccnc2)c1. The Morgan fingerprint density at radius 2 is 1.59 bits per heavy atom. The van der Waals surface area contributed by atoms with E-state index in [1.807, 2.05) is 72.8 Å². The van der Waals surface area contributed by atoms with Crippen LogP contribution >= 0.6 is 0 Å². The van der Waals surface area contributed by atoms with Crippen LogP contribution in [0.2, 0.25) is 0 Å². The lowest BCUT2D eigenvalue weighted by Crippen LogP contribution is -2.25. The van der Waals surface area contributed by atoms with Crippen molar-refractivity contribution in [3.63, 3.8) is 0 Å². The van der Waals surface area contributed by atoms with E-state index in [1.54, 1.807) is 35.6 Å². The van der Waals surface area contributed by atoms with Crippen molar-refractivity contribution in [1.29, 1.82) is 0 Å². The molecule has 0 amide bonds. The van der Waals surface area contributed by atoms with Crippen LogP contribution in [0.25, 0.3) is 29.0 Å². The van der Waals surface area contributed by atoms with E-state index in [9.17, 15) is 4.79 Å². The summed E-state index contributed by atoms with van der Waals surface area (Å²) in [5, 5.41) is 0. The average molecular weight is 417 g/mol. The molecule has 0 saturated carbocycles. The van der Waals surface area contributed by atoms with Crippen molar-refractivity contribution in [2.45, 2.75) is 6.42 Å². The van der Waals surface area contributed by atoms with Gasteiger partial charge in [0.05, 0.1) is 5.69 Å².